The second-order valence-electron chi connectivity index (χ2n) is 4.33. The van der Waals surface area contributed by atoms with Crippen molar-refractivity contribution in [3.8, 4) is 0 Å². The maximum atomic E-state index is 11.1. The minimum absolute atomic E-state index is 0.226. The van der Waals surface area contributed by atoms with Crippen LogP contribution in [0.3, 0.4) is 0 Å². The van der Waals surface area contributed by atoms with Crippen LogP contribution < -0.4 is 4.90 Å². The number of thioether (sulfide) groups is 1. The Labute approximate surface area is 105 Å². The van der Waals surface area contributed by atoms with Crippen molar-refractivity contribution in [3.63, 3.8) is 0 Å². The van der Waals surface area contributed by atoms with E-state index in [4.69, 9.17) is 0 Å². The molecule has 0 N–H and O–H groups in total. The molecule has 1 aromatic carbocycles. The van der Waals surface area contributed by atoms with Gasteiger partial charge in [0.05, 0.1) is 4.92 Å². The number of nitrogens with zero attached hydrogens (tertiary/aromatic N) is 2. The Morgan fingerprint density at radius 2 is 2.29 bits per heavy atom. The summed E-state index contributed by atoms with van der Waals surface area (Å²) in [6, 6.07) is 5.28. The Hall–Kier alpha value is -1.23. The van der Waals surface area contributed by atoms with E-state index in [9.17, 15) is 10.1 Å². The fourth-order valence-corrected chi connectivity index (χ4v) is 3.24. The Morgan fingerprint density at radius 3 is 2.94 bits per heavy atom. The normalized spacial score (nSPS) is 20.4. The lowest BCUT2D eigenvalue weighted by atomic mass is 10.1. The van der Waals surface area contributed by atoms with E-state index in [2.05, 4.69) is 11.8 Å². The number of nitro groups is 1. The maximum Gasteiger partial charge on any atom is 0.292 e. The van der Waals surface area contributed by atoms with Crippen LogP contribution in [-0.2, 0) is 0 Å². The van der Waals surface area contributed by atoms with E-state index in [0.29, 0.717) is 5.25 Å². The molecular weight excluding hydrogens is 236 g/mol. The summed E-state index contributed by atoms with van der Waals surface area (Å²) >= 11 is 1.93. The van der Waals surface area contributed by atoms with Gasteiger partial charge in [0.2, 0.25) is 0 Å². The van der Waals surface area contributed by atoms with Crippen molar-refractivity contribution in [2.45, 2.75) is 19.1 Å². The molecule has 1 heterocycles. The summed E-state index contributed by atoms with van der Waals surface area (Å²) in [5.41, 5.74) is 2.01. The second-order valence-corrected chi connectivity index (χ2v) is 5.87. The van der Waals surface area contributed by atoms with Gasteiger partial charge in [-0.15, -0.1) is 0 Å². The number of hydrogen-bond acceptors (Lipinski definition) is 4. The molecule has 1 fully saturated rings. The summed E-state index contributed by atoms with van der Waals surface area (Å²) < 4.78 is 0. The SMILES string of the molecule is Cc1cccc([N+](=O)[O-])c1N1CCSC(C)C1. The highest BCUT2D eigenvalue weighted by atomic mass is 32.2. The number of nitro benzene ring substituents is 1. The molecule has 0 saturated carbocycles. The zero-order chi connectivity index (χ0) is 12.4. The van der Waals surface area contributed by atoms with E-state index >= 15 is 0 Å². The predicted octanol–water partition coefficient (Wildman–Crippen LogP) is 2.84. The summed E-state index contributed by atoms with van der Waals surface area (Å²) in [6.07, 6.45) is 0. The number of hydrogen-bond donors (Lipinski definition) is 0. The van der Waals surface area contributed by atoms with Crippen LogP contribution >= 0.6 is 11.8 Å². The predicted molar refractivity (Wildman–Crippen MR) is 72.0 cm³/mol. The number of para-hydroxylation sites is 1. The van der Waals surface area contributed by atoms with E-state index in [-0.39, 0.29) is 10.6 Å². The number of aryl methyl sites for hydroxylation is 1. The van der Waals surface area contributed by atoms with Crippen molar-refractivity contribution in [1.82, 2.24) is 0 Å². The molecule has 0 aromatic heterocycles. The maximum absolute atomic E-state index is 11.1. The molecule has 0 radical (unpaired) electrons. The monoisotopic (exact) mass is 252 g/mol. The highest BCUT2D eigenvalue weighted by Gasteiger charge is 2.25. The van der Waals surface area contributed by atoms with Crippen molar-refractivity contribution < 1.29 is 4.92 Å². The highest BCUT2D eigenvalue weighted by molar-refractivity contribution is 8.00. The largest absolute Gasteiger partial charge is 0.364 e. The van der Waals surface area contributed by atoms with Gasteiger partial charge in [-0.3, -0.25) is 10.1 Å². The van der Waals surface area contributed by atoms with Crippen molar-refractivity contribution in [1.29, 1.82) is 0 Å². The van der Waals surface area contributed by atoms with Gasteiger partial charge in [-0.2, -0.15) is 11.8 Å². The fourth-order valence-electron chi connectivity index (χ4n) is 2.22. The molecule has 17 heavy (non-hydrogen) atoms. The van der Waals surface area contributed by atoms with Crippen LogP contribution in [-0.4, -0.2) is 29.0 Å². The van der Waals surface area contributed by atoms with Crippen molar-refractivity contribution in [2.24, 2.45) is 0 Å². The van der Waals surface area contributed by atoms with Crippen LogP contribution in [0.25, 0.3) is 0 Å². The smallest absolute Gasteiger partial charge is 0.292 e. The van der Waals surface area contributed by atoms with Crippen LogP contribution in [0.5, 0.6) is 0 Å². The van der Waals surface area contributed by atoms with Crippen LogP contribution in [0.1, 0.15) is 12.5 Å². The van der Waals surface area contributed by atoms with Gasteiger partial charge in [0.25, 0.3) is 5.69 Å². The molecule has 1 aliphatic heterocycles. The van der Waals surface area contributed by atoms with E-state index in [1.54, 1.807) is 12.1 Å². The summed E-state index contributed by atoms with van der Waals surface area (Å²) in [6.45, 7) is 5.88. The Bertz CT molecular complexity index is 437. The molecule has 5 heteroatoms. The third-order valence-corrected chi connectivity index (χ3v) is 4.11. The molecule has 92 valence electrons. The average molecular weight is 252 g/mol. The van der Waals surface area contributed by atoms with Gasteiger partial charge in [0, 0.05) is 30.2 Å². The average Bonchev–Trinajstić information content (AvgIpc) is 2.28. The van der Waals surface area contributed by atoms with Gasteiger partial charge in [-0.05, 0) is 12.5 Å². The van der Waals surface area contributed by atoms with E-state index in [1.165, 1.54) is 0 Å². The minimum Gasteiger partial charge on any atom is -0.364 e. The highest BCUT2D eigenvalue weighted by Crippen LogP contribution is 2.34. The van der Waals surface area contributed by atoms with Crippen molar-refractivity contribution >= 4 is 23.1 Å². The molecule has 0 amide bonds. The van der Waals surface area contributed by atoms with Crippen LogP contribution in [0.15, 0.2) is 18.2 Å². The third kappa shape index (κ3) is 2.54. The quantitative estimate of drug-likeness (QED) is 0.600. The standard InChI is InChI=1S/C12H16N2O2S/c1-9-4-3-5-11(14(15)16)12(9)13-6-7-17-10(2)8-13/h3-5,10H,6-8H2,1-2H3. The fraction of sp³-hybridized carbons (Fsp3) is 0.500. The molecule has 1 aromatic rings. The molecule has 1 unspecified atom stereocenters. The van der Waals surface area contributed by atoms with E-state index in [0.717, 1.165) is 30.1 Å². The van der Waals surface area contributed by atoms with Gasteiger partial charge in [0.15, 0.2) is 0 Å². The Morgan fingerprint density at radius 1 is 1.53 bits per heavy atom. The van der Waals surface area contributed by atoms with Crippen LogP contribution in [0.4, 0.5) is 11.4 Å². The molecule has 1 aliphatic rings. The molecule has 0 spiro atoms. The van der Waals surface area contributed by atoms with E-state index < -0.39 is 0 Å². The lowest BCUT2D eigenvalue weighted by molar-refractivity contribution is -0.384. The second kappa shape index (κ2) is 4.96. The minimum atomic E-state index is -0.283. The van der Waals surface area contributed by atoms with Gasteiger partial charge in [0.1, 0.15) is 5.69 Å². The lowest BCUT2D eigenvalue weighted by Gasteiger charge is -2.32. The van der Waals surface area contributed by atoms with Crippen LogP contribution in [0.2, 0.25) is 0 Å². The number of benzene rings is 1. The third-order valence-electron chi connectivity index (χ3n) is 2.97. The molecular formula is C12H16N2O2S. The van der Waals surface area contributed by atoms with Crippen molar-refractivity contribution in [3.05, 3.63) is 33.9 Å². The zero-order valence-corrected chi connectivity index (χ0v) is 10.9. The van der Waals surface area contributed by atoms with Gasteiger partial charge in [-0.25, -0.2) is 0 Å². The first-order chi connectivity index (χ1) is 8.09. The molecule has 4 nitrogen and oxygen atoms in total. The molecule has 1 atom stereocenters. The zero-order valence-electron chi connectivity index (χ0n) is 10.0. The van der Waals surface area contributed by atoms with E-state index in [1.807, 2.05) is 24.8 Å². The first-order valence-corrected chi connectivity index (χ1v) is 6.75. The van der Waals surface area contributed by atoms with Gasteiger partial charge >= 0.3 is 0 Å². The summed E-state index contributed by atoms with van der Waals surface area (Å²) in [7, 11) is 0. The molecule has 0 bridgehead atoms. The first kappa shape index (κ1) is 12.2. The summed E-state index contributed by atoms with van der Waals surface area (Å²) in [4.78, 5) is 12.9. The summed E-state index contributed by atoms with van der Waals surface area (Å²) in [5, 5.41) is 11.6. The van der Waals surface area contributed by atoms with Gasteiger partial charge in [-0.1, -0.05) is 19.1 Å². The Balaban J connectivity index is 2.39. The van der Waals surface area contributed by atoms with Gasteiger partial charge < -0.3 is 4.90 Å². The lowest BCUT2D eigenvalue weighted by Crippen LogP contribution is -2.37. The molecule has 1 saturated heterocycles. The Kier molecular flexibility index (Phi) is 3.57. The van der Waals surface area contributed by atoms with Crippen LogP contribution in [0, 0.1) is 17.0 Å². The topological polar surface area (TPSA) is 46.4 Å². The number of anilines is 1. The molecule has 0 aliphatic carbocycles. The van der Waals surface area contributed by atoms with Crippen molar-refractivity contribution in [2.75, 3.05) is 23.7 Å². The first-order valence-electron chi connectivity index (χ1n) is 5.70. The summed E-state index contributed by atoms with van der Waals surface area (Å²) in [5.74, 6) is 1.03. The molecule has 2 rings (SSSR count). The number of rotatable bonds is 2.